The van der Waals surface area contributed by atoms with E-state index in [1.54, 1.807) is 0 Å². The largest absolute Gasteiger partial charge is 0.256 e. The number of fused-ring (bicyclic) bond motifs is 4. The molecule has 0 fully saturated rings. The summed E-state index contributed by atoms with van der Waals surface area (Å²) in [4.78, 5) is 14.5. The van der Waals surface area contributed by atoms with Crippen LogP contribution in [0, 0.1) is 0 Å². The summed E-state index contributed by atoms with van der Waals surface area (Å²) in [6, 6.07) is 63.0. The van der Waals surface area contributed by atoms with E-state index in [-0.39, 0.29) is 0 Å². The molecule has 242 valence electrons. The highest BCUT2D eigenvalue weighted by molar-refractivity contribution is 5.93. The average Bonchev–Trinajstić information content (AvgIpc) is 3.22. The van der Waals surface area contributed by atoms with Crippen LogP contribution in [0.4, 0.5) is 0 Å². The Morgan fingerprint density at radius 3 is 1.13 bits per heavy atom. The summed E-state index contributed by atoms with van der Waals surface area (Å²) in [5.74, 6) is 0. The summed E-state index contributed by atoms with van der Waals surface area (Å²) in [7, 11) is 0. The van der Waals surface area contributed by atoms with E-state index < -0.39 is 0 Å². The first kappa shape index (κ1) is 29.9. The molecule has 0 aliphatic carbocycles. The van der Waals surface area contributed by atoms with E-state index in [0.717, 1.165) is 77.7 Å². The van der Waals surface area contributed by atoms with Gasteiger partial charge in [0.1, 0.15) is 0 Å². The number of rotatable bonds is 5. The SMILES string of the molecule is c1ccc2cc(-c3cc(-c4cc(-c5ccc6ncccc6c5)cc(-c5ccc6ncccc6c5)c4)cc(-c4ccc5ccccc5c4)n3)ccc2c1. The van der Waals surface area contributed by atoms with Crippen molar-refractivity contribution >= 4 is 43.4 Å². The Hall–Kier alpha value is -6.97. The summed E-state index contributed by atoms with van der Waals surface area (Å²) in [5, 5.41) is 7.05. The number of benzene rings is 7. The minimum Gasteiger partial charge on any atom is -0.256 e. The molecule has 3 heteroatoms. The van der Waals surface area contributed by atoms with Crippen molar-refractivity contribution < 1.29 is 0 Å². The van der Waals surface area contributed by atoms with Crippen LogP contribution in [0.3, 0.4) is 0 Å². The van der Waals surface area contributed by atoms with E-state index in [9.17, 15) is 0 Å². The fourth-order valence-corrected chi connectivity index (χ4v) is 7.33. The Morgan fingerprint density at radius 2 is 0.635 bits per heavy atom. The van der Waals surface area contributed by atoms with E-state index in [1.807, 2.05) is 24.5 Å². The molecule has 0 atom stereocenters. The third kappa shape index (κ3) is 5.55. The zero-order chi connectivity index (χ0) is 34.4. The third-order valence-electron chi connectivity index (χ3n) is 10.1. The molecular weight excluding hydrogens is 631 g/mol. The van der Waals surface area contributed by atoms with Crippen molar-refractivity contribution in [2.75, 3.05) is 0 Å². The molecule has 0 unspecified atom stereocenters. The summed E-state index contributed by atoms with van der Waals surface area (Å²) in [6.07, 6.45) is 3.69. The third-order valence-corrected chi connectivity index (χ3v) is 10.1. The molecule has 3 nitrogen and oxygen atoms in total. The highest BCUT2D eigenvalue weighted by Gasteiger charge is 2.14. The molecule has 0 radical (unpaired) electrons. The normalized spacial score (nSPS) is 11.5. The van der Waals surface area contributed by atoms with Gasteiger partial charge in [0.15, 0.2) is 0 Å². The van der Waals surface area contributed by atoms with Gasteiger partial charge in [-0.2, -0.15) is 0 Å². The Kier molecular flexibility index (Phi) is 7.14. The predicted molar refractivity (Wildman–Crippen MR) is 217 cm³/mol. The lowest BCUT2D eigenvalue weighted by Gasteiger charge is -2.15. The fraction of sp³-hybridized carbons (Fsp3) is 0. The molecule has 0 amide bonds. The molecule has 3 heterocycles. The monoisotopic (exact) mass is 661 g/mol. The number of hydrogen-bond donors (Lipinski definition) is 0. The van der Waals surface area contributed by atoms with E-state index in [0.29, 0.717) is 0 Å². The number of hydrogen-bond acceptors (Lipinski definition) is 3. The molecule has 0 aliphatic rings. The van der Waals surface area contributed by atoms with Gasteiger partial charge in [-0.05, 0) is 134 Å². The maximum atomic E-state index is 5.33. The second-order valence-electron chi connectivity index (χ2n) is 13.4. The van der Waals surface area contributed by atoms with Gasteiger partial charge in [0.25, 0.3) is 0 Å². The van der Waals surface area contributed by atoms with Gasteiger partial charge in [0.05, 0.1) is 22.4 Å². The second-order valence-corrected chi connectivity index (χ2v) is 13.4. The lowest BCUT2D eigenvalue weighted by Crippen LogP contribution is -1.93. The van der Waals surface area contributed by atoms with Crippen molar-refractivity contribution in [1.29, 1.82) is 0 Å². The zero-order valence-corrected chi connectivity index (χ0v) is 28.2. The van der Waals surface area contributed by atoms with Gasteiger partial charge in [0, 0.05) is 34.3 Å². The predicted octanol–water partition coefficient (Wildman–Crippen LogP) is 12.8. The van der Waals surface area contributed by atoms with Crippen molar-refractivity contribution in [3.8, 4) is 55.9 Å². The van der Waals surface area contributed by atoms with Crippen LogP contribution in [0.15, 0.2) is 188 Å². The highest BCUT2D eigenvalue weighted by Crippen LogP contribution is 2.38. The van der Waals surface area contributed by atoms with Gasteiger partial charge in [-0.1, -0.05) is 97.1 Å². The van der Waals surface area contributed by atoms with Crippen LogP contribution >= 0.6 is 0 Å². The molecule has 0 saturated heterocycles. The second kappa shape index (κ2) is 12.4. The van der Waals surface area contributed by atoms with Crippen LogP contribution < -0.4 is 0 Å². The number of nitrogens with zero attached hydrogens (tertiary/aromatic N) is 3. The van der Waals surface area contributed by atoms with E-state index in [2.05, 4.69) is 174 Å². The van der Waals surface area contributed by atoms with Crippen LogP contribution in [0.1, 0.15) is 0 Å². The van der Waals surface area contributed by atoms with Crippen molar-refractivity contribution in [1.82, 2.24) is 15.0 Å². The van der Waals surface area contributed by atoms with Gasteiger partial charge in [0.2, 0.25) is 0 Å². The maximum Gasteiger partial charge on any atom is 0.0715 e. The van der Waals surface area contributed by atoms with Gasteiger partial charge in [-0.25, -0.2) is 4.98 Å². The van der Waals surface area contributed by atoms with Crippen molar-refractivity contribution in [3.05, 3.63) is 188 Å². The Labute approximate surface area is 301 Å². The lowest BCUT2D eigenvalue weighted by molar-refractivity contribution is 1.33. The molecule has 10 aromatic rings. The molecule has 0 spiro atoms. The van der Waals surface area contributed by atoms with Crippen LogP contribution in [0.2, 0.25) is 0 Å². The fourth-order valence-electron chi connectivity index (χ4n) is 7.33. The quantitative estimate of drug-likeness (QED) is 0.184. The average molecular weight is 662 g/mol. The van der Waals surface area contributed by atoms with Crippen LogP contribution in [0.25, 0.3) is 99.2 Å². The summed E-state index contributed by atoms with van der Waals surface area (Å²) >= 11 is 0. The summed E-state index contributed by atoms with van der Waals surface area (Å²) < 4.78 is 0. The van der Waals surface area contributed by atoms with E-state index >= 15 is 0 Å². The first-order chi connectivity index (χ1) is 25.7. The lowest BCUT2D eigenvalue weighted by atomic mass is 9.91. The molecule has 0 bridgehead atoms. The van der Waals surface area contributed by atoms with E-state index in [1.165, 1.54) is 21.5 Å². The molecular formula is C49H31N3. The Bertz CT molecular complexity index is 2580. The summed E-state index contributed by atoms with van der Waals surface area (Å²) in [5.41, 5.74) is 12.8. The van der Waals surface area contributed by atoms with E-state index in [4.69, 9.17) is 4.98 Å². The van der Waals surface area contributed by atoms with Gasteiger partial charge in [-0.3, -0.25) is 9.97 Å². The maximum absolute atomic E-state index is 5.33. The molecule has 3 aromatic heterocycles. The Morgan fingerprint density at radius 1 is 0.250 bits per heavy atom. The topological polar surface area (TPSA) is 38.7 Å². The smallest absolute Gasteiger partial charge is 0.0715 e. The van der Waals surface area contributed by atoms with Crippen molar-refractivity contribution in [3.63, 3.8) is 0 Å². The highest BCUT2D eigenvalue weighted by atomic mass is 14.7. The first-order valence-electron chi connectivity index (χ1n) is 17.6. The molecule has 10 rings (SSSR count). The van der Waals surface area contributed by atoms with Gasteiger partial charge >= 0.3 is 0 Å². The van der Waals surface area contributed by atoms with Crippen molar-refractivity contribution in [2.24, 2.45) is 0 Å². The minimum atomic E-state index is 0.937. The van der Waals surface area contributed by atoms with Gasteiger partial charge < -0.3 is 0 Å². The molecule has 7 aromatic carbocycles. The van der Waals surface area contributed by atoms with Crippen LogP contribution in [0.5, 0.6) is 0 Å². The standard InChI is InChI=1S/C49H31N3/c1-3-9-34-23-40(15-13-32(34)7-1)48-30-45(31-49(52-48)41-16-14-33-8-2-4-10-35(33)24-41)44-28-42(36-17-19-46-38(25-36)11-5-21-50-46)27-43(29-44)37-18-20-47-39(26-37)12-6-22-51-47/h1-31H. The first-order valence-corrected chi connectivity index (χ1v) is 17.6. The van der Waals surface area contributed by atoms with Gasteiger partial charge in [-0.15, -0.1) is 0 Å². The molecule has 0 saturated carbocycles. The van der Waals surface area contributed by atoms with Crippen molar-refractivity contribution in [2.45, 2.75) is 0 Å². The minimum absolute atomic E-state index is 0.937. The molecule has 52 heavy (non-hydrogen) atoms. The molecule has 0 N–H and O–H groups in total. The number of pyridine rings is 3. The summed E-state index contributed by atoms with van der Waals surface area (Å²) in [6.45, 7) is 0. The molecule has 0 aliphatic heterocycles. The Balaban J connectivity index is 1.21. The number of aromatic nitrogens is 3. The zero-order valence-electron chi connectivity index (χ0n) is 28.2. The van der Waals surface area contributed by atoms with Crippen LogP contribution in [-0.4, -0.2) is 15.0 Å². The van der Waals surface area contributed by atoms with Crippen LogP contribution in [-0.2, 0) is 0 Å².